The molecule has 33 heavy (non-hydrogen) atoms. The summed E-state index contributed by atoms with van der Waals surface area (Å²) < 4.78 is 17.7. The van der Waals surface area contributed by atoms with E-state index >= 15 is 0 Å². The van der Waals surface area contributed by atoms with Crippen LogP contribution in [-0.4, -0.2) is 40.4 Å². The first-order chi connectivity index (χ1) is 15.7. The smallest absolute Gasteiger partial charge is 0.300 e. The summed E-state index contributed by atoms with van der Waals surface area (Å²) in [4.78, 5) is 18.4. The Hall–Kier alpha value is -3.45. The number of nitrogens with one attached hydrogen (secondary N) is 1. The zero-order valence-corrected chi connectivity index (χ0v) is 20.2. The van der Waals surface area contributed by atoms with Crippen LogP contribution < -0.4 is 5.32 Å². The largest absolute Gasteiger partial charge is 0.423 e. The van der Waals surface area contributed by atoms with E-state index in [1.54, 1.807) is 25.3 Å². The summed E-state index contributed by atoms with van der Waals surface area (Å²) >= 11 is 0. The lowest BCUT2D eigenvalue weighted by atomic mass is 10.00. The molecule has 1 atom stereocenters. The number of oxazole rings is 1. The van der Waals surface area contributed by atoms with Gasteiger partial charge in [-0.1, -0.05) is 30.3 Å². The molecule has 3 aromatic carbocycles. The number of benzene rings is 3. The van der Waals surface area contributed by atoms with Crippen molar-refractivity contribution in [1.82, 2.24) is 9.88 Å². The molecule has 1 N–H and O–H groups in total. The molecular formula is C26H27N3O3S. The van der Waals surface area contributed by atoms with Gasteiger partial charge < -0.3 is 14.6 Å². The topological polar surface area (TPSA) is 75.4 Å². The van der Waals surface area contributed by atoms with Gasteiger partial charge in [-0.15, -0.1) is 0 Å². The van der Waals surface area contributed by atoms with Crippen LogP contribution in [0.15, 0.2) is 59.0 Å². The summed E-state index contributed by atoms with van der Waals surface area (Å²) in [7, 11) is 2.60. The summed E-state index contributed by atoms with van der Waals surface area (Å²) in [5.41, 5.74) is 7.93. The maximum atomic E-state index is 12.3. The molecule has 1 unspecified atom stereocenters. The monoisotopic (exact) mass is 461 g/mol. The molecule has 0 aliphatic rings. The molecule has 4 rings (SSSR count). The molecule has 0 saturated carbocycles. The predicted octanol–water partition coefficient (Wildman–Crippen LogP) is 5.44. The van der Waals surface area contributed by atoms with Crippen LogP contribution in [0.2, 0.25) is 0 Å². The molecule has 0 aliphatic carbocycles. The highest BCUT2D eigenvalue weighted by Gasteiger charge is 2.15. The van der Waals surface area contributed by atoms with Crippen molar-refractivity contribution in [2.75, 3.05) is 25.7 Å². The second kappa shape index (κ2) is 9.19. The van der Waals surface area contributed by atoms with Gasteiger partial charge in [-0.05, 0) is 60.4 Å². The highest BCUT2D eigenvalue weighted by molar-refractivity contribution is 7.83. The van der Waals surface area contributed by atoms with Crippen molar-refractivity contribution in [3.05, 3.63) is 76.9 Å². The Morgan fingerprint density at radius 3 is 2.52 bits per heavy atom. The first kappa shape index (κ1) is 22.7. The number of para-hydroxylation sites is 1. The van der Waals surface area contributed by atoms with Gasteiger partial charge in [0.25, 0.3) is 11.9 Å². The second-order valence-electron chi connectivity index (χ2n) is 8.39. The highest BCUT2D eigenvalue weighted by Crippen LogP contribution is 2.33. The molecule has 7 heteroatoms. The molecule has 1 amide bonds. The summed E-state index contributed by atoms with van der Waals surface area (Å²) in [6.45, 7) is 3.94. The van der Waals surface area contributed by atoms with E-state index in [1.807, 2.05) is 62.4 Å². The molecule has 0 saturated heterocycles. The number of carbonyl (C=O) groups is 1. The van der Waals surface area contributed by atoms with Gasteiger partial charge in [-0.3, -0.25) is 9.00 Å². The number of nitrogens with zero attached hydrogens (tertiary/aromatic N) is 2. The molecule has 0 aliphatic heterocycles. The molecule has 170 valence electrons. The lowest BCUT2D eigenvalue weighted by Gasteiger charge is -2.13. The van der Waals surface area contributed by atoms with Crippen molar-refractivity contribution in [1.29, 1.82) is 0 Å². The van der Waals surface area contributed by atoms with Crippen molar-refractivity contribution in [3.63, 3.8) is 0 Å². The van der Waals surface area contributed by atoms with Gasteiger partial charge in [-0.2, -0.15) is 4.98 Å². The number of anilines is 2. The number of hydrogen-bond donors (Lipinski definition) is 1. The molecule has 6 nitrogen and oxygen atoms in total. The number of rotatable bonds is 6. The summed E-state index contributed by atoms with van der Waals surface area (Å²) in [5.74, 6) is 0.516. The van der Waals surface area contributed by atoms with Crippen molar-refractivity contribution in [3.8, 4) is 11.1 Å². The highest BCUT2D eigenvalue weighted by atomic mass is 32.2. The number of carbonyl (C=O) groups excluding carboxylic acids is 1. The fourth-order valence-electron chi connectivity index (χ4n) is 3.82. The van der Waals surface area contributed by atoms with Crippen molar-refractivity contribution in [2.45, 2.75) is 19.6 Å². The SMILES string of the molecule is Cc1cc(-c2cccc3nc(Nc4ccc(C(=O)N(C)C)c(C)c4)oc23)ccc1CS(C)=O. The van der Waals surface area contributed by atoms with E-state index < -0.39 is 10.8 Å². The van der Waals surface area contributed by atoms with E-state index in [0.717, 1.165) is 39.0 Å². The first-order valence-corrected chi connectivity index (χ1v) is 12.3. The van der Waals surface area contributed by atoms with E-state index in [4.69, 9.17) is 4.42 Å². The zero-order chi connectivity index (χ0) is 23.7. The molecule has 0 radical (unpaired) electrons. The van der Waals surface area contributed by atoms with Gasteiger partial charge in [-0.25, -0.2) is 0 Å². The van der Waals surface area contributed by atoms with E-state index in [9.17, 15) is 9.00 Å². The van der Waals surface area contributed by atoms with Crippen molar-refractivity contribution < 1.29 is 13.4 Å². The van der Waals surface area contributed by atoms with Crippen LogP contribution in [0.3, 0.4) is 0 Å². The fourth-order valence-corrected chi connectivity index (χ4v) is 4.58. The first-order valence-electron chi connectivity index (χ1n) is 10.6. The fraction of sp³-hybridized carbons (Fsp3) is 0.231. The number of aromatic nitrogens is 1. The normalized spacial score (nSPS) is 12.0. The Bertz CT molecular complexity index is 1370. The van der Waals surface area contributed by atoms with Gasteiger partial charge in [0.15, 0.2) is 5.58 Å². The van der Waals surface area contributed by atoms with Gasteiger partial charge in [0.1, 0.15) is 5.52 Å². The van der Waals surface area contributed by atoms with Gasteiger partial charge in [0, 0.05) is 53.7 Å². The van der Waals surface area contributed by atoms with Gasteiger partial charge in [0.05, 0.1) is 0 Å². The van der Waals surface area contributed by atoms with E-state index in [1.165, 1.54) is 0 Å². The predicted molar refractivity (Wildman–Crippen MR) is 134 cm³/mol. The van der Waals surface area contributed by atoms with E-state index in [2.05, 4.69) is 16.4 Å². The molecule has 0 bridgehead atoms. The van der Waals surface area contributed by atoms with Crippen LogP contribution in [0.25, 0.3) is 22.2 Å². The minimum Gasteiger partial charge on any atom is -0.423 e. The van der Waals surface area contributed by atoms with E-state index in [-0.39, 0.29) is 5.91 Å². The molecule has 4 aromatic rings. The zero-order valence-electron chi connectivity index (χ0n) is 19.4. The standard InChI is InChI=1S/C26H27N3O3S/c1-16-13-18(9-10-19(16)15-33(5)31)22-7-6-8-23-24(22)32-26(28-23)27-20-11-12-21(17(2)14-20)25(30)29(3)4/h6-14H,15H2,1-5H3,(H,27,28). The molecule has 1 heterocycles. The lowest BCUT2D eigenvalue weighted by molar-refractivity contribution is 0.0827. The minimum atomic E-state index is -0.883. The minimum absolute atomic E-state index is 0.0305. The van der Waals surface area contributed by atoms with Crippen LogP contribution in [-0.2, 0) is 16.6 Å². The lowest BCUT2D eigenvalue weighted by Crippen LogP contribution is -2.22. The average molecular weight is 462 g/mol. The summed E-state index contributed by atoms with van der Waals surface area (Å²) in [6.07, 6.45) is 1.71. The summed E-state index contributed by atoms with van der Waals surface area (Å²) in [6, 6.07) is 18.0. The van der Waals surface area contributed by atoms with E-state index in [0.29, 0.717) is 22.9 Å². The number of fused-ring (bicyclic) bond motifs is 1. The Kier molecular flexibility index (Phi) is 6.33. The number of hydrogen-bond acceptors (Lipinski definition) is 5. The molecular weight excluding hydrogens is 434 g/mol. The molecule has 0 spiro atoms. The van der Waals surface area contributed by atoms with Gasteiger partial charge in [0.2, 0.25) is 0 Å². The second-order valence-corrected chi connectivity index (χ2v) is 9.82. The molecule has 0 fully saturated rings. The Balaban J connectivity index is 1.65. The average Bonchev–Trinajstić information content (AvgIpc) is 3.17. The van der Waals surface area contributed by atoms with Gasteiger partial charge >= 0.3 is 0 Å². The van der Waals surface area contributed by atoms with Crippen molar-refractivity contribution >= 4 is 39.5 Å². The van der Waals surface area contributed by atoms with Crippen LogP contribution in [0.4, 0.5) is 11.7 Å². The maximum Gasteiger partial charge on any atom is 0.300 e. The third-order valence-corrected chi connectivity index (χ3v) is 6.26. The summed E-state index contributed by atoms with van der Waals surface area (Å²) in [5, 5.41) is 3.21. The van der Waals surface area contributed by atoms with Crippen LogP contribution >= 0.6 is 0 Å². The molecule has 1 aromatic heterocycles. The van der Waals surface area contributed by atoms with Crippen LogP contribution in [0, 0.1) is 13.8 Å². The third kappa shape index (κ3) is 4.83. The third-order valence-electron chi connectivity index (χ3n) is 5.54. The van der Waals surface area contributed by atoms with Crippen molar-refractivity contribution in [2.24, 2.45) is 0 Å². The number of aryl methyl sites for hydroxylation is 2. The Morgan fingerprint density at radius 1 is 1.06 bits per heavy atom. The Labute approximate surface area is 196 Å². The number of amides is 1. The van der Waals surface area contributed by atoms with Crippen LogP contribution in [0.1, 0.15) is 27.0 Å². The maximum absolute atomic E-state index is 12.3. The van der Waals surface area contributed by atoms with Crippen LogP contribution in [0.5, 0.6) is 0 Å². The Morgan fingerprint density at radius 2 is 1.85 bits per heavy atom. The quantitative estimate of drug-likeness (QED) is 0.414.